The van der Waals surface area contributed by atoms with Gasteiger partial charge in [-0.05, 0) is 31.0 Å². The van der Waals surface area contributed by atoms with Crippen LogP contribution >= 0.6 is 0 Å². The second-order valence-corrected chi connectivity index (χ2v) is 5.24. The molecule has 0 aliphatic heterocycles. The van der Waals surface area contributed by atoms with E-state index in [9.17, 15) is 22.4 Å². The molecule has 7 heteroatoms. The first kappa shape index (κ1) is 15.6. The molecule has 1 aromatic rings. The van der Waals surface area contributed by atoms with E-state index in [-0.39, 0.29) is 17.7 Å². The largest absolute Gasteiger partial charge is 0.393 e. The van der Waals surface area contributed by atoms with Gasteiger partial charge in [-0.15, -0.1) is 0 Å². The average Bonchev–Trinajstić information content (AvgIpc) is 2.40. The van der Waals surface area contributed by atoms with Gasteiger partial charge < -0.3 is 11.1 Å². The molecule has 1 fully saturated rings. The molecule has 2 rings (SSSR count). The van der Waals surface area contributed by atoms with Crippen LogP contribution in [0.15, 0.2) is 18.2 Å². The minimum Gasteiger partial charge on any atom is -0.382 e. The lowest BCUT2D eigenvalue weighted by atomic mass is 9.84. The Morgan fingerprint density at radius 1 is 1.24 bits per heavy atom. The first-order valence-corrected chi connectivity index (χ1v) is 6.71. The summed E-state index contributed by atoms with van der Waals surface area (Å²) in [6.07, 6.45) is -2.57. The van der Waals surface area contributed by atoms with Gasteiger partial charge in [-0.1, -0.05) is 12.8 Å². The summed E-state index contributed by atoms with van der Waals surface area (Å²) < 4.78 is 52.3. The molecule has 1 saturated carbocycles. The third kappa shape index (κ3) is 3.65. The van der Waals surface area contributed by atoms with Crippen molar-refractivity contribution in [2.45, 2.75) is 37.9 Å². The standard InChI is InChI=1S/C14H16F4N2O/c15-11-6-5-8(7-9(11)13(19)21)20-12-4-2-1-3-10(12)14(16,17)18/h5-7,10,12,20H,1-4H2,(H2,19,21). The van der Waals surface area contributed by atoms with Gasteiger partial charge in [0.05, 0.1) is 11.5 Å². The van der Waals surface area contributed by atoms with Crippen LogP contribution in [0.3, 0.4) is 0 Å². The predicted molar refractivity (Wildman–Crippen MR) is 70.3 cm³/mol. The molecule has 3 nitrogen and oxygen atoms in total. The van der Waals surface area contributed by atoms with Gasteiger partial charge in [0.1, 0.15) is 5.82 Å². The predicted octanol–water partition coefficient (Wildman–Crippen LogP) is 3.46. The molecule has 2 unspecified atom stereocenters. The third-order valence-corrected chi connectivity index (χ3v) is 3.77. The van der Waals surface area contributed by atoms with Crippen LogP contribution in [-0.4, -0.2) is 18.1 Å². The van der Waals surface area contributed by atoms with Crippen molar-refractivity contribution in [3.8, 4) is 0 Å². The summed E-state index contributed by atoms with van der Waals surface area (Å²) in [6, 6.07) is 2.71. The minimum absolute atomic E-state index is 0.0744. The number of carbonyl (C=O) groups is 1. The van der Waals surface area contributed by atoms with Crippen molar-refractivity contribution >= 4 is 11.6 Å². The molecule has 0 bridgehead atoms. The SMILES string of the molecule is NC(=O)c1cc(NC2CCCCC2C(F)(F)F)ccc1F. The van der Waals surface area contributed by atoms with Crippen LogP contribution in [-0.2, 0) is 0 Å². The van der Waals surface area contributed by atoms with E-state index in [2.05, 4.69) is 5.32 Å². The smallest absolute Gasteiger partial charge is 0.382 e. The van der Waals surface area contributed by atoms with E-state index in [4.69, 9.17) is 5.73 Å². The summed E-state index contributed by atoms with van der Waals surface area (Å²) in [6.45, 7) is 0. The Hall–Kier alpha value is -1.79. The molecule has 0 spiro atoms. The number of primary amides is 1. The Balaban J connectivity index is 2.20. The minimum atomic E-state index is -4.27. The molecule has 3 N–H and O–H groups in total. The highest BCUT2D eigenvalue weighted by Gasteiger charge is 2.45. The maximum Gasteiger partial charge on any atom is 0.393 e. The fraction of sp³-hybridized carbons (Fsp3) is 0.500. The lowest BCUT2D eigenvalue weighted by Gasteiger charge is -2.34. The van der Waals surface area contributed by atoms with Crippen molar-refractivity contribution in [2.75, 3.05) is 5.32 Å². The van der Waals surface area contributed by atoms with E-state index >= 15 is 0 Å². The number of nitrogens with two attached hydrogens (primary N) is 1. The summed E-state index contributed by atoms with van der Waals surface area (Å²) in [5.74, 6) is -3.18. The molecule has 2 atom stereocenters. The van der Waals surface area contributed by atoms with Gasteiger partial charge in [-0.2, -0.15) is 13.2 Å². The molecule has 1 aromatic carbocycles. The Labute approximate surface area is 119 Å². The summed E-state index contributed by atoms with van der Waals surface area (Å²) in [5, 5.41) is 2.77. The highest BCUT2D eigenvalue weighted by atomic mass is 19.4. The molecular formula is C14H16F4N2O. The quantitative estimate of drug-likeness (QED) is 0.840. The molecule has 0 saturated heterocycles. The Kier molecular flexibility index (Phi) is 4.39. The first-order valence-electron chi connectivity index (χ1n) is 6.71. The maximum atomic E-state index is 13.4. The van der Waals surface area contributed by atoms with Gasteiger partial charge in [0.25, 0.3) is 5.91 Å². The van der Waals surface area contributed by atoms with Crippen molar-refractivity contribution in [3.63, 3.8) is 0 Å². The normalized spacial score (nSPS) is 22.9. The molecule has 1 aliphatic carbocycles. The van der Waals surface area contributed by atoms with E-state index < -0.39 is 29.9 Å². The number of rotatable bonds is 3. The fourth-order valence-corrected chi connectivity index (χ4v) is 2.71. The van der Waals surface area contributed by atoms with Crippen LogP contribution in [0.4, 0.5) is 23.2 Å². The molecule has 1 aliphatic rings. The zero-order valence-corrected chi connectivity index (χ0v) is 11.2. The molecule has 1 amide bonds. The zero-order valence-electron chi connectivity index (χ0n) is 11.2. The van der Waals surface area contributed by atoms with Crippen molar-refractivity contribution < 1.29 is 22.4 Å². The number of hydrogen-bond donors (Lipinski definition) is 2. The zero-order chi connectivity index (χ0) is 15.6. The highest BCUT2D eigenvalue weighted by molar-refractivity contribution is 5.94. The third-order valence-electron chi connectivity index (χ3n) is 3.77. The van der Waals surface area contributed by atoms with E-state index in [0.29, 0.717) is 19.3 Å². The molecule has 21 heavy (non-hydrogen) atoms. The van der Waals surface area contributed by atoms with Gasteiger partial charge in [0, 0.05) is 11.7 Å². The second-order valence-electron chi connectivity index (χ2n) is 5.24. The van der Waals surface area contributed by atoms with E-state index in [1.54, 1.807) is 0 Å². The monoisotopic (exact) mass is 304 g/mol. The van der Waals surface area contributed by atoms with Crippen LogP contribution < -0.4 is 11.1 Å². The van der Waals surface area contributed by atoms with E-state index in [1.807, 2.05) is 0 Å². The molecule has 0 heterocycles. The fourth-order valence-electron chi connectivity index (χ4n) is 2.71. The number of carbonyl (C=O) groups excluding carboxylic acids is 1. The van der Waals surface area contributed by atoms with E-state index in [1.165, 1.54) is 6.07 Å². The lowest BCUT2D eigenvalue weighted by molar-refractivity contribution is -0.184. The number of amides is 1. The summed E-state index contributed by atoms with van der Waals surface area (Å²) in [7, 11) is 0. The van der Waals surface area contributed by atoms with Gasteiger partial charge in [0.15, 0.2) is 0 Å². The summed E-state index contributed by atoms with van der Waals surface area (Å²) >= 11 is 0. The first-order chi connectivity index (χ1) is 9.79. The highest BCUT2D eigenvalue weighted by Crippen LogP contribution is 2.39. The van der Waals surface area contributed by atoms with Crippen LogP contribution in [0.25, 0.3) is 0 Å². The van der Waals surface area contributed by atoms with Gasteiger partial charge in [-0.3, -0.25) is 4.79 Å². The van der Waals surface area contributed by atoms with Gasteiger partial charge in [-0.25, -0.2) is 4.39 Å². The number of halogens is 4. The van der Waals surface area contributed by atoms with Crippen molar-refractivity contribution in [3.05, 3.63) is 29.6 Å². The van der Waals surface area contributed by atoms with Crippen molar-refractivity contribution in [2.24, 2.45) is 11.7 Å². The van der Waals surface area contributed by atoms with E-state index in [0.717, 1.165) is 12.1 Å². The molecular weight excluding hydrogens is 288 g/mol. The van der Waals surface area contributed by atoms with Gasteiger partial charge in [0.2, 0.25) is 0 Å². The lowest BCUT2D eigenvalue weighted by Crippen LogP contribution is -2.41. The molecule has 116 valence electrons. The second kappa shape index (κ2) is 5.91. The summed E-state index contributed by atoms with van der Waals surface area (Å²) in [5.41, 5.74) is 4.96. The molecule has 0 radical (unpaired) electrons. The number of anilines is 1. The van der Waals surface area contributed by atoms with Crippen LogP contribution in [0.5, 0.6) is 0 Å². The van der Waals surface area contributed by atoms with Crippen molar-refractivity contribution in [1.29, 1.82) is 0 Å². The van der Waals surface area contributed by atoms with Crippen LogP contribution in [0.1, 0.15) is 36.0 Å². The molecule has 0 aromatic heterocycles. The number of hydrogen-bond acceptors (Lipinski definition) is 2. The number of benzene rings is 1. The number of nitrogens with one attached hydrogen (secondary N) is 1. The Bertz CT molecular complexity index is 530. The van der Waals surface area contributed by atoms with Crippen LogP contribution in [0, 0.1) is 11.7 Å². The Morgan fingerprint density at radius 3 is 2.52 bits per heavy atom. The van der Waals surface area contributed by atoms with Crippen molar-refractivity contribution in [1.82, 2.24) is 0 Å². The van der Waals surface area contributed by atoms with Crippen LogP contribution in [0.2, 0.25) is 0 Å². The topological polar surface area (TPSA) is 55.1 Å². The Morgan fingerprint density at radius 2 is 1.90 bits per heavy atom. The van der Waals surface area contributed by atoms with Gasteiger partial charge >= 0.3 is 6.18 Å². The average molecular weight is 304 g/mol. The maximum absolute atomic E-state index is 13.4. The summed E-state index contributed by atoms with van der Waals surface area (Å²) in [4.78, 5) is 11.1. The number of alkyl halides is 3.